The molecule has 0 aliphatic heterocycles. The number of hydrogen-bond acceptors (Lipinski definition) is 5. The Labute approximate surface area is 159 Å². The molecule has 0 aliphatic carbocycles. The van der Waals surface area contributed by atoms with Crippen LogP contribution in [0.25, 0.3) is 0 Å². The Bertz CT molecular complexity index is 897. The second kappa shape index (κ2) is 9.27. The maximum atomic E-state index is 12.1. The molecule has 0 saturated carbocycles. The lowest BCUT2D eigenvalue weighted by molar-refractivity contribution is -0.118. The Morgan fingerprint density at radius 3 is 2.30 bits per heavy atom. The predicted molar refractivity (Wildman–Crippen MR) is 106 cm³/mol. The predicted octanol–water partition coefficient (Wildman–Crippen LogP) is 3.17. The number of amides is 1. The first-order chi connectivity index (χ1) is 12.8. The van der Waals surface area contributed by atoms with Gasteiger partial charge in [0.2, 0.25) is 10.0 Å². The fourth-order valence-electron chi connectivity index (χ4n) is 2.28. The topological polar surface area (TPSA) is 93.7 Å². The molecule has 0 fully saturated rings. The molecule has 2 N–H and O–H groups in total. The zero-order chi connectivity index (χ0) is 19.9. The second-order valence-corrected chi connectivity index (χ2v) is 7.76. The largest absolute Gasteiger partial charge is 0.490 e. The Kier molecular flexibility index (Phi) is 7.06. The van der Waals surface area contributed by atoms with E-state index in [0.717, 1.165) is 0 Å². The standard InChI is InChI=1S/C19H24N2O5S/c1-4-25-17-8-6-7-9-18(17)26-13-19(22)20-15-10-11-16(14(3)12-15)21-27(23,24)5-2/h6-12,21H,4-5,13H2,1-3H3,(H,20,22). The number of para-hydroxylation sites is 2. The van der Waals surface area contributed by atoms with Crippen molar-refractivity contribution in [3.63, 3.8) is 0 Å². The third-order valence-corrected chi connectivity index (χ3v) is 4.95. The summed E-state index contributed by atoms with van der Waals surface area (Å²) in [6, 6.07) is 12.1. The highest BCUT2D eigenvalue weighted by Gasteiger charge is 2.11. The zero-order valence-corrected chi connectivity index (χ0v) is 16.4. The summed E-state index contributed by atoms with van der Waals surface area (Å²) in [7, 11) is -3.35. The highest BCUT2D eigenvalue weighted by Crippen LogP contribution is 2.26. The molecule has 2 aromatic carbocycles. The molecule has 27 heavy (non-hydrogen) atoms. The summed E-state index contributed by atoms with van der Waals surface area (Å²) in [6.07, 6.45) is 0. The van der Waals surface area contributed by atoms with E-state index in [1.807, 2.05) is 13.0 Å². The van der Waals surface area contributed by atoms with E-state index in [-0.39, 0.29) is 18.3 Å². The maximum Gasteiger partial charge on any atom is 0.262 e. The number of sulfonamides is 1. The van der Waals surface area contributed by atoms with Gasteiger partial charge in [-0.2, -0.15) is 0 Å². The molecule has 0 saturated heterocycles. The quantitative estimate of drug-likeness (QED) is 0.684. The van der Waals surface area contributed by atoms with Gasteiger partial charge in [0, 0.05) is 5.69 Å². The van der Waals surface area contributed by atoms with Crippen molar-refractivity contribution in [2.45, 2.75) is 20.8 Å². The summed E-state index contributed by atoms with van der Waals surface area (Å²) in [5, 5.41) is 2.73. The first-order valence-electron chi connectivity index (χ1n) is 8.60. The molecule has 2 aromatic rings. The van der Waals surface area contributed by atoms with E-state index in [9.17, 15) is 13.2 Å². The van der Waals surface area contributed by atoms with Crippen LogP contribution in [-0.2, 0) is 14.8 Å². The molecule has 0 spiro atoms. The van der Waals surface area contributed by atoms with Crippen molar-refractivity contribution >= 4 is 27.3 Å². The van der Waals surface area contributed by atoms with E-state index in [2.05, 4.69) is 10.0 Å². The minimum absolute atomic E-state index is 0.00845. The van der Waals surface area contributed by atoms with Crippen LogP contribution in [0.3, 0.4) is 0 Å². The van der Waals surface area contributed by atoms with Gasteiger partial charge in [-0.05, 0) is 56.7 Å². The van der Waals surface area contributed by atoms with Gasteiger partial charge >= 0.3 is 0 Å². The third kappa shape index (κ3) is 6.18. The number of benzene rings is 2. The first-order valence-corrected chi connectivity index (χ1v) is 10.3. The third-order valence-electron chi connectivity index (χ3n) is 3.66. The molecule has 8 heteroatoms. The average Bonchev–Trinajstić information content (AvgIpc) is 2.63. The smallest absolute Gasteiger partial charge is 0.262 e. The SMILES string of the molecule is CCOc1ccccc1OCC(=O)Nc1ccc(NS(=O)(=O)CC)c(C)c1. The van der Waals surface area contributed by atoms with Crippen LogP contribution in [0.2, 0.25) is 0 Å². The van der Waals surface area contributed by atoms with Crippen molar-refractivity contribution in [1.29, 1.82) is 0 Å². The minimum atomic E-state index is -3.35. The van der Waals surface area contributed by atoms with E-state index in [1.54, 1.807) is 50.2 Å². The summed E-state index contributed by atoms with van der Waals surface area (Å²) < 4.78 is 36.8. The molecule has 0 unspecified atom stereocenters. The Morgan fingerprint density at radius 2 is 1.70 bits per heavy atom. The molecular formula is C19H24N2O5S. The van der Waals surface area contributed by atoms with Crippen LogP contribution < -0.4 is 19.5 Å². The molecule has 7 nitrogen and oxygen atoms in total. The molecule has 2 rings (SSSR count). The zero-order valence-electron chi connectivity index (χ0n) is 15.6. The molecule has 0 aromatic heterocycles. The summed E-state index contributed by atoms with van der Waals surface area (Å²) in [4.78, 5) is 12.1. The lowest BCUT2D eigenvalue weighted by Gasteiger charge is -2.13. The van der Waals surface area contributed by atoms with Crippen LogP contribution in [0.1, 0.15) is 19.4 Å². The van der Waals surface area contributed by atoms with Gasteiger partial charge < -0.3 is 14.8 Å². The Balaban J connectivity index is 1.97. The molecule has 0 aliphatic rings. The lowest BCUT2D eigenvalue weighted by atomic mass is 10.2. The fourth-order valence-corrected chi connectivity index (χ4v) is 2.99. The molecule has 0 heterocycles. The number of anilines is 2. The number of carbonyl (C=O) groups is 1. The van der Waals surface area contributed by atoms with E-state index in [1.165, 1.54) is 0 Å². The Morgan fingerprint density at radius 1 is 1.04 bits per heavy atom. The van der Waals surface area contributed by atoms with E-state index < -0.39 is 10.0 Å². The number of hydrogen-bond donors (Lipinski definition) is 2. The number of ether oxygens (including phenoxy) is 2. The maximum absolute atomic E-state index is 12.1. The number of rotatable bonds is 9. The van der Waals surface area contributed by atoms with E-state index in [4.69, 9.17) is 9.47 Å². The van der Waals surface area contributed by atoms with Crippen molar-refractivity contribution in [1.82, 2.24) is 0 Å². The van der Waals surface area contributed by atoms with E-state index in [0.29, 0.717) is 35.0 Å². The second-order valence-electron chi connectivity index (χ2n) is 5.75. The lowest BCUT2D eigenvalue weighted by Crippen LogP contribution is -2.20. The monoisotopic (exact) mass is 392 g/mol. The van der Waals surface area contributed by atoms with Gasteiger partial charge in [-0.25, -0.2) is 8.42 Å². The van der Waals surface area contributed by atoms with Crippen LogP contribution in [-0.4, -0.2) is 33.3 Å². The molecule has 146 valence electrons. The number of carbonyl (C=O) groups excluding carboxylic acids is 1. The van der Waals surface area contributed by atoms with Crippen LogP contribution in [0.5, 0.6) is 11.5 Å². The van der Waals surface area contributed by atoms with Crippen molar-refractivity contribution < 1.29 is 22.7 Å². The normalized spacial score (nSPS) is 10.9. The Hall–Kier alpha value is -2.74. The number of nitrogens with one attached hydrogen (secondary N) is 2. The van der Waals surface area contributed by atoms with Crippen molar-refractivity contribution in [3.05, 3.63) is 48.0 Å². The van der Waals surface area contributed by atoms with Crippen LogP contribution >= 0.6 is 0 Å². The van der Waals surface area contributed by atoms with Gasteiger partial charge in [0.15, 0.2) is 18.1 Å². The average molecular weight is 392 g/mol. The fraction of sp³-hybridized carbons (Fsp3) is 0.316. The molecule has 0 radical (unpaired) electrons. The number of aryl methyl sites for hydroxylation is 1. The van der Waals surface area contributed by atoms with Gasteiger partial charge in [-0.3, -0.25) is 9.52 Å². The highest BCUT2D eigenvalue weighted by molar-refractivity contribution is 7.92. The van der Waals surface area contributed by atoms with Crippen molar-refractivity contribution in [3.8, 4) is 11.5 Å². The highest BCUT2D eigenvalue weighted by atomic mass is 32.2. The molecular weight excluding hydrogens is 368 g/mol. The molecule has 1 amide bonds. The summed E-state index contributed by atoms with van der Waals surface area (Å²) >= 11 is 0. The van der Waals surface area contributed by atoms with Gasteiger partial charge in [-0.15, -0.1) is 0 Å². The summed E-state index contributed by atoms with van der Waals surface area (Å²) in [5.74, 6) is 0.736. The molecule has 0 bridgehead atoms. The van der Waals surface area contributed by atoms with Crippen LogP contribution in [0.15, 0.2) is 42.5 Å². The van der Waals surface area contributed by atoms with Gasteiger partial charge in [-0.1, -0.05) is 12.1 Å². The molecule has 0 atom stereocenters. The summed E-state index contributed by atoms with van der Waals surface area (Å²) in [5.41, 5.74) is 1.74. The van der Waals surface area contributed by atoms with Crippen molar-refractivity contribution in [2.75, 3.05) is 29.0 Å². The van der Waals surface area contributed by atoms with Crippen LogP contribution in [0.4, 0.5) is 11.4 Å². The van der Waals surface area contributed by atoms with E-state index >= 15 is 0 Å². The van der Waals surface area contributed by atoms with Crippen molar-refractivity contribution in [2.24, 2.45) is 0 Å². The first kappa shape index (κ1) is 20.6. The minimum Gasteiger partial charge on any atom is -0.490 e. The van der Waals surface area contributed by atoms with Crippen LogP contribution in [0, 0.1) is 6.92 Å². The summed E-state index contributed by atoms with van der Waals surface area (Å²) in [6.45, 7) is 5.53. The van der Waals surface area contributed by atoms with Gasteiger partial charge in [0.05, 0.1) is 18.0 Å². The van der Waals surface area contributed by atoms with Gasteiger partial charge in [0.1, 0.15) is 0 Å². The van der Waals surface area contributed by atoms with Gasteiger partial charge in [0.25, 0.3) is 5.91 Å².